The molecule has 1 aliphatic heterocycles. The largest absolute Gasteiger partial charge is 0.469 e. The van der Waals surface area contributed by atoms with Gasteiger partial charge in [0.1, 0.15) is 0 Å². The van der Waals surface area contributed by atoms with Crippen LogP contribution in [-0.2, 0) is 24.3 Å². The monoisotopic (exact) mass is 396 g/mol. The lowest BCUT2D eigenvalue weighted by molar-refractivity contribution is -0.141. The number of carbonyl (C=O) groups is 2. The number of sulfonamides is 1. The highest BCUT2D eigenvalue weighted by Crippen LogP contribution is 2.23. The molecule has 1 amide bonds. The lowest BCUT2D eigenvalue weighted by Gasteiger charge is -2.32. The smallest absolute Gasteiger partial charge is 0.307 e. The molecule has 1 heterocycles. The van der Waals surface area contributed by atoms with Gasteiger partial charge in [0.25, 0.3) is 0 Å². The van der Waals surface area contributed by atoms with Crippen LogP contribution in [0.2, 0.25) is 0 Å². The Morgan fingerprint density at radius 2 is 2.00 bits per heavy atom. The maximum Gasteiger partial charge on any atom is 0.307 e. The summed E-state index contributed by atoms with van der Waals surface area (Å²) < 4.78 is 30.8. The van der Waals surface area contributed by atoms with E-state index >= 15 is 0 Å². The summed E-state index contributed by atoms with van der Waals surface area (Å²) in [6.07, 6.45) is 1.85. The van der Waals surface area contributed by atoms with Gasteiger partial charge in [-0.25, -0.2) is 12.7 Å². The van der Waals surface area contributed by atoms with Crippen LogP contribution in [0.3, 0.4) is 0 Å². The quantitative estimate of drug-likeness (QED) is 0.677. The van der Waals surface area contributed by atoms with Gasteiger partial charge in [-0.15, -0.1) is 0 Å². The Labute approximate surface area is 161 Å². The number of benzene rings is 1. The van der Waals surface area contributed by atoms with Gasteiger partial charge < -0.3 is 10.1 Å². The van der Waals surface area contributed by atoms with Gasteiger partial charge in [-0.1, -0.05) is 37.3 Å². The molecule has 7 nitrogen and oxygen atoms in total. The molecule has 0 unspecified atom stereocenters. The summed E-state index contributed by atoms with van der Waals surface area (Å²) in [4.78, 5) is 24.5. The van der Waals surface area contributed by atoms with Gasteiger partial charge in [-0.05, 0) is 24.8 Å². The fourth-order valence-corrected chi connectivity index (χ4v) is 4.86. The molecule has 1 saturated heterocycles. The van der Waals surface area contributed by atoms with E-state index < -0.39 is 28.0 Å². The van der Waals surface area contributed by atoms with Crippen LogP contribution in [0, 0.1) is 5.92 Å². The van der Waals surface area contributed by atoms with E-state index in [1.54, 1.807) is 0 Å². The Balaban J connectivity index is 2.08. The molecule has 8 heteroatoms. The zero-order valence-electron chi connectivity index (χ0n) is 15.9. The predicted molar refractivity (Wildman–Crippen MR) is 102 cm³/mol. The average Bonchev–Trinajstić information content (AvgIpc) is 2.68. The topological polar surface area (TPSA) is 92.8 Å². The Morgan fingerprint density at radius 1 is 1.30 bits per heavy atom. The molecule has 1 N–H and O–H groups in total. The highest BCUT2D eigenvalue weighted by Gasteiger charge is 2.33. The van der Waals surface area contributed by atoms with Crippen LogP contribution in [-0.4, -0.2) is 50.6 Å². The van der Waals surface area contributed by atoms with E-state index in [0.717, 1.165) is 5.56 Å². The number of ether oxygens (including phenoxy) is 1. The molecular weight excluding hydrogens is 368 g/mol. The fourth-order valence-electron chi connectivity index (χ4n) is 3.27. The molecule has 2 rings (SSSR count). The van der Waals surface area contributed by atoms with Crippen molar-refractivity contribution < 1.29 is 22.7 Å². The van der Waals surface area contributed by atoms with Gasteiger partial charge in [0.2, 0.25) is 15.9 Å². The van der Waals surface area contributed by atoms with Gasteiger partial charge >= 0.3 is 5.97 Å². The van der Waals surface area contributed by atoms with Gasteiger partial charge in [-0.2, -0.15) is 0 Å². The molecule has 1 fully saturated rings. The molecule has 0 radical (unpaired) electrons. The van der Waals surface area contributed by atoms with E-state index in [4.69, 9.17) is 4.74 Å². The van der Waals surface area contributed by atoms with E-state index in [1.807, 2.05) is 37.3 Å². The van der Waals surface area contributed by atoms with Crippen LogP contribution in [0.4, 0.5) is 0 Å². The number of esters is 1. The summed E-state index contributed by atoms with van der Waals surface area (Å²) in [7, 11) is -2.01. The van der Waals surface area contributed by atoms with Crippen molar-refractivity contribution in [2.75, 3.05) is 26.0 Å². The minimum atomic E-state index is -3.32. The van der Waals surface area contributed by atoms with Crippen molar-refractivity contribution in [1.82, 2.24) is 9.62 Å². The number of hydrogen-bond donors (Lipinski definition) is 1. The third-order valence-electron chi connectivity index (χ3n) is 4.73. The van der Waals surface area contributed by atoms with Gasteiger partial charge in [-0.3, -0.25) is 9.59 Å². The number of carbonyl (C=O) groups excluding carboxylic acids is 2. The Morgan fingerprint density at radius 3 is 2.63 bits per heavy atom. The fraction of sp³-hybridized carbons (Fsp3) is 0.579. The highest BCUT2D eigenvalue weighted by atomic mass is 32.2. The van der Waals surface area contributed by atoms with Crippen LogP contribution in [0.1, 0.15) is 44.2 Å². The van der Waals surface area contributed by atoms with E-state index in [9.17, 15) is 18.0 Å². The molecule has 27 heavy (non-hydrogen) atoms. The highest BCUT2D eigenvalue weighted by molar-refractivity contribution is 7.89. The summed E-state index contributed by atoms with van der Waals surface area (Å²) in [5, 5.41) is 2.91. The first-order valence-corrected chi connectivity index (χ1v) is 10.9. The number of hydrogen-bond acceptors (Lipinski definition) is 5. The molecule has 1 aromatic carbocycles. The van der Waals surface area contributed by atoms with Gasteiger partial charge in [0.15, 0.2) is 0 Å². The van der Waals surface area contributed by atoms with Crippen LogP contribution in [0.25, 0.3) is 0 Å². The Bertz CT molecular complexity index is 736. The van der Waals surface area contributed by atoms with Crippen molar-refractivity contribution in [1.29, 1.82) is 0 Å². The molecule has 0 spiro atoms. The zero-order valence-corrected chi connectivity index (χ0v) is 16.7. The van der Waals surface area contributed by atoms with Crippen molar-refractivity contribution in [3.63, 3.8) is 0 Å². The summed E-state index contributed by atoms with van der Waals surface area (Å²) >= 11 is 0. The number of rotatable bonds is 8. The maximum atomic E-state index is 12.8. The van der Waals surface area contributed by atoms with Crippen molar-refractivity contribution in [2.24, 2.45) is 5.92 Å². The molecule has 0 saturated carbocycles. The summed E-state index contributed by atoms with van der Waals surface area (Å²) in [6.45, 7) is 2.47. The molecule has 1 aromatic rings. The Kier molecular flexibility index (Phi) is 7.79. The molecule has 2 atom stereocenters. The second-order valence-electron chi connectivity index (χ2n) is 6.77. The first-order chi connectivity index (χ1) is 12.9. The second kappa shape index (κ2) is 9.85. The van der Waals surface area contributed by atoms with E-state index in [-0.39, 0.29) is 24.6 Å². The summed E-state index contributed by atoms with van der Waals surface area (Å²) in [5.74, 6) is -0.977. The standard InChI is InChI=1S/C19H28N2O5S/c1-3-12-27(24,25)21-11-7-10-16(14-21)19(23)20-17(13-18(22)26-2)15-8-5-4-6-9-15/h4-6,8-9,16-17H,3,7,10-14H2,1-2H3,(H,20,23)/t16-,17-/m0/s1. The number of nitrogens with one attached hydrogen (secondary N) is 1. The minimum Gasteiger partial charge on any atom is -0.469 e. The average molecular weight is 397 g/mol. The van der Waals surface area contributed by atoms with Crippen LogP contribution in [0.5, 0.6) is 0 Å². The van der Waals surface area contributed by atoms with E-state index in [2.05, 4.69) is 5.32 Å². The number of nitrogens with zero attached hydrogens (tertiary/aromatic N) is 1. The van der Waals surface area contributed by atoms with Crippen LogP contribution < -0.4 is 5.32 Å². The van der Waals surface area contributed by atoms with E-state index in [1.165, 1.54) is 11.4 Å². The number of methoxy groups -OCH3 is 1. The van der Waals surface area contributed by atoms with Crippen LogP contribution >= 0.6 is 0 Å². The lowest BCUT2D eigenvalue weighted by Crippen LogP contribution is -2.46. The molecule has 1 aliphatic rings. The number of amides is 1. The molecule has 0 aliphatic carbocycles. The molecule has 150 valence electrons. The number of piperidine rings is 1. The zero-order chi connectivity index (χ0) is 19.9. The third kappa shape index (κ3) is 6.04. The van der Waals surface area contributed by atoms with Gasteiger partial charge in [0, 0.05) is 13.1 Å². The predicted octanol–water partition coefficient (Wildman–Crippen LogP) is 1.86. The second-order valence-corrected chi connectivity index (χ2v) is 8.85. The van der Waals surface area contributed by atoms with Gasteiger partial charge in [0.05, 0.1) is 31.2 Å². The first-order valence-electron chi connectivity index (χ1n) is 9.27. The summed E-state index contributed by atoms with van der Waals surface area (Å²) in [6, 6.07) is 8.71. The minimum absolute atomic E-state index is 0.0246. The SMILES string of the molecule is CCCS(=O)(=O)N1CCC[C@H](C(=O)N[C@@H](CC(=O)OC)c2ccccc2)C1. The lowest BCUT2D eigenvalue weighted by atomic mass is 9.97. The molecule has 0 aromatic heterocycles. The summed E-state index contributed by atoms with van der Waals surface area (Å²) in [5.41, 5.74) is 0.808. The van der Waals surface area contributed by atoms with E-state index in [0.29, 0.717) is 25.8 Å². The third-order valence-corrected chi connectivity index (χ3v) is 6.77. The maximum absolute atomic E-state index is 12.8. The van der Waals surface area contributed by atoms with Crippen LogP contribution in [0.15, 0.2) is 30.3 Å². The Hall–Kier alpha value is -1.93. The molecule has 0 bridgehead atoms. The first kappa shape index (κ1) is 21.4. The normalized spacial score (nSPS) is 19.3. The van der Waals surface area contributed by atoms with Crippen molar-refractivity contribution in [3.05, 3.63) is 35.9 Å². The van der Waals surface area contributed by atoms with Crippen molar-refractivity contribution >= 4 is 21.9 Å². The van der Waals surface area contributed by atoms with Crippen molar-refractivity contribution in [3.8, 4) is 0 Å². The molecular formula is C19H28N2O5S. The van der Waals surface area contributed by atoms with Crippen molar-refractivity contribution in [2.45, 2.75) is 38.6 Å².